The molecule has 198 valence electrons. The van der Waals surface area contributed by atoms with Crippen LogP contribution in [0.25, 0.3) is 22.3 Å². The number of para-hydroxylation sites is 2. The number of carbonyl (C=O) groups excluding carboxylic acids is 2. The molecule has 2 bridgehead atoms. The van der Waals surface area contributed by atoms with E-state index in [1.165, 1.54) is 0 Å². The van der Waals surface area contributed by atoms with Crippen LogP contribution in [0.5, 0.6) is 5.88 Å². The Morgan fingerprint density at radius 2 is 1.89 bits per heavy atom. The lowest BCUT2D eigenvalue weighted by molar-refractivity contribution is 0.0218. The number of imidazole rings is 1. The van der Waals surface area contributed by atoms with Crippen molar-refractivity contribution in [2.24, 2.45) is 7.05 Å². The standard InChI is InChI=1S/C27H31N7O4/c1-17-14-18-15-21(29-17)19-16-28-32(5)24(19)37-13-12-33(26(36)38-27(2,3)4)10-11-34-22-9-7-6-8-20(22)30-25(34)31-23(18)35/h6-9,14-16H,10-13H2,1-5H3,(H,30,31,35). The van der Waals surface area contributed by atoms with Crippen LogP contribution in [-0.2, 0) is 18.3 Å². The van der Waals surface area contributed by atoms with E-state index < -0.39 is 11.7 Å². The molecule has 0 saturated heterocycles. The molecule has 1 aliphatic rings. The summed E-state index contributed by atoms with van der Waals surface area (Å²) in [5, 5.41) is 7.30. The number of ether oxygens (including phenoxy) is 2. The minimum atomic E-state index is -0.654. The Morgan fingerprint density at radius 1 is 1.11 bits per heavy atom. The van der Waals surface area contributed by atoms with Gasteiger partial charge in [-0.25, -0.2) is 14.5 Å². The average Bonchev–Trinajstić information content (AvgIpc) is 3.38. The molecule has 4 aromatic rings. The first-order chi connectivity index (χ1) is 18.1. The highest BCUT2D eigenvalue weighted by Gasteiger charge is 2.25. The molecular formula is C27H31N7O4. The zero-order valence-corrected chi connectivity index (χ0v) is 22.2. The molecule has 38 heavy (non-hydrogen) atoms. The van der Waals surface area contributed by atoms with Crippen molar-refractivity contribution in [2.45, 2.75) is 39.8 Å². The molecule has 0 unspecified atom stereocenters. The fourth-order valence-corrected chi connectivity index (χ4v) is 4.38. The maximum absolute atomic E-state index is 13.4. The van der Waals surface area contributed by atoms with Crippen molar-refractivity contribution in [3.8, 4) is 17.1 Å². The Morgan fingerprint density at radius 3 is 2.68 bits per heavy atom. The lowest BCUT2D eigenvalue weighted by Crippen LogP contribution is -2.41. The summed E-state index contributed by atoms with van der Waals surface area (Å²) in [7, 11) is 1.77. The van der Waals surface area contributed by atoms with Gasteiger partial charge >= 0.3 is 6.09 Å². The molecule has 0 fully saturated rings. The maximum atomic E-state index is 13.4. The monoisotopic (exact) mass is 517 g/mol. The number of fused-ring (bicyclic) bond motifs is 7. The summed E-state index contributed by atoms with van der Waals surface area (Å²) in [5.41, 5.74) is 3.25. The molecule has 0 aliphatic carbocycles. The van der Waals surface area contributed by atoms with Gasteiger partial charge in [0.2, 0.25) is 11.8 Å². The summed E-state index contributed by atoms with van der Waals surface area (Å²) in [6.07, 6.45) is 1.21. The summed E-state index contributed by atoms with van der Waals surface area (Å²) >= 11 is 0. The molecule has 0 saturated carbocycles. The second-order valence-corrected chi connectivity index (χ2v) is 10.2. The molecule has 0 atom stereocenters. The minimum absolute atomic E-state index is 0.208. The van der Waals surface area contributed by atoms with Crippen LogP contribution >= 0.6 is 0 Å². The predicted octanol–water partition coefficient (Wildman–Crippen LogP) is 4.02. The number of nitrogens with one attached hydrogen (secondary N) is 1. The van der Waals surface area contributed by atoms with Gasteiger partial charge in [0.15, 0.2) is 0 Å². The van der Waals surface area contributed by atoms with Crippen LogP contribution in [0.1, 0.15) is 36.8 Å². The Kier molecular flexibility index (Phi) is 6.52. The number of rotatable bonds is 0. The van der Waals surface area contributed by atoms with E-state index in [0.717, 1.165) is 11.0 Å². The molecule has 5 rings (SSSR count). The van der Waals surface area contributed by atoms with E-state index in [2.05, 4.69) is 20.4 Å². The SMILES string of the molecule is Cc1cc2cc(n1)-c1cnn(C)c1OCCN(C(=O)OC(C)(C)C)CCn1c(nc3ccccc31)NC2=O. The first kappa shape index (κ1) is 25.2. The summed E-state index contributed by atoms with van der Waals surface area (Å²) in [6, 6.07) is 11.1. The predicted molar refractivity (Wildman–Crippen MR) is 142 cm³/mol. The van der Waals surface area contributed by atoms with Gasteiger partial charge in [0, 0.05) is 31.4 Å². The largest absolute Gasteiger partial charge is 0.475 e. The van der Waals surface area contributed by atoms with Gasteiger partial charge in [-0.05, 0) is 52.0 Å². The third-order valence-electron chi connectivity index (χ3n) is 6.10. The number of carbonyl (C=O) groups is 2. The fourth-order valence-electron chi connectivity index (χ4n) is 4.38. The van der Waals surface area contributed by atoms with E-state index in [9.17, 15) is 9.59 Å². The van der Waals surface area contributed by atoms with E-state index in [4.69, 9.17) is 9.47 Å². The number of hydrogen-bond acceptors (Lipinski definition) is 7. The molecule has 2 amide bonds. The van der Waals surface area contributed by atoms with Gasteiger partial charge in [0.05, 0.1) is 35.0 Å². The molecule has 1 N–H and O–H groups in total. The highest BCUT2D eigenvalue weighted by Crippen LogP contribution is 2.30. The van der Waals surface area contributed by atoms with E-state index in [1.807, 2.05) is 56.5 Å². The van der Waals surface area contributed by atoms with Crippen LogP contribution in [0.15, 0.2) is 42.6 Å². The zero-order valence-electron chi connectivity index (χ0n) is 22.2. The second-order valence-electron chi connectivity index (χ2n) is 10.2. The van der Waals surface area contributed by atoms with Gasteiger partial charge in [-0.2, -0.15) is 5.10 Å². The lowest BCUT2D eigenvalue weighted by atomic mass is 10.1. The Labute approximate surface area is 220 Å². The molecule has 1 aliphatic heterocycles. The molecule has 11 nitrogen and oxygen atoms in total. The van der Waals surface area contributed by atoms with Crippen molar-refractivity contribution in [1.82, 2.24) is 29.2 Å². The van der Waals surface area contributed by atoms with Crippen molar-refractivity contribution in [1.29, 1.82) is 0 Å². The molecule has 1 aromatic carbocycles. The summed E-state index contributed by atoms with van der Waals surface area (Å²) < 4.78 is 15.3. The number of benzene rings is 1. The third-order valence-corrected chi connectivity index (χ3v) is 6.10. The number of nitrogens with zero attached hydrogens (tertiary/aromatic N) is 6. The van der Waals surface area contributed by atoms with Gasteiger partial charge in [-0.3, -0.25) is 15.1 Å². The normalized spacial score (nSPS) is 14.6. The molecule has 4 heterocycles. The van der Waals surface area contributed by atoms with Gasteiger partial charge in [-0.15, -0.1) is 0 Å². The third kappa shape index (κ3) is 5.17. The zero-order chi connectivity index (χ0) is 27.0. The number of aryl methyl sites for hydroxylation is 2. The van der Waals surface area contributed by atoms with Gasteiger partial charge in [0.1, 0.15) is 12.2 Å². The average molecular weight is 518 g/mol. The maximum Gasteiger partial charge on any atom is 0.410 e. The van der Waals surface area contributed by atoms with Crippen molar-refractivity contribution in [3.63, 3.8) is 0 Å². The number of aromatic nitrogens is 5. The number of hydrogen-bond donors (Lipinski definition) is 1. The van der Waals surface area contributed by atoms with E-state index in [-0.39, 0.29) is 19.1 Å². The quantitative estimate of drug-likeness (QED) is 0.374. The highest BCUT2D eigenvalue weighted by molar-refractivity contribution is 6.04. The van der Waals surface area contributed by atoms with Crippen molar-refractivity contribution in [3.05, 3.63) is 53.9 Å². The molecular weight excluding hydrogens is 486 g/mol. The Balaban J connectivity index is 1.59. The van der Waals surface area contributed by atoms with Crippen molar-refractivity contribution >= 4 is 29.0 Å². The van der Waals surface area contributed by atoms with Crippen LogP contribution in [0.3, 0.4) is 0 Å². The van der Waals surface area contributed by atoms with E-state index in [1.54, 1.807) is 35.0 Å². The smallest absolute Gasteiger partial charge is 0.410 e. The van der Waals surface area contributed by atoms with Crippen LogP contribution in [-0.4, -0.2) is 66.5 Å². The van der Waals surface area contributed by atoms with Crippen LogP contribution < -0.4 is 10.1 Å². The molecule has 0 spiro atoms. The first-order valence-corrected chi connectivity index (χ1v) is 12.5. The Hall–Kier alpha value is -4.41. The van der Waals surface area contributed by atoms with Gasteiger partial charge < -0.3 is 18.9 Å². The van der Waals surface area contributed by atoms with Gasteiger partial charge in [-0.1, -0.05) is 12.1 Å². The van der Waals surface area contributed by atoms with Crippen molar-refractivity contribution in [2.75, 3.05) is 25.0 Å². The molecule has 0 radical (unpaired) electrons. The number of amides is 2. The van der Waals surface area contributed by atoms with Crippen LogP contribution in [0.4, 0.5) is 10.7 Å². The molecule has 3 aromatic heterocycles. The van der Waals surface area contributed by atoms with Crippen LogP contribution in [0.2, 0.25) is 0 Å². The summed E-state index contributed by atoms with van der Waals surface area (Å²) in [4.78, 5) is 37.4. The first-order valence-electron chi connectivity index (χ1n) is 12.5. The van der Waals surface area contributed by atoms with Gasteiger partial charge in [0.25, 0.3) is 5.91 Å². The molecule has 11 heteroatoms. The van der Waals surface area contributed by atoms with Crippen molar-refractivity contribution < 1.29 is 19.1 Å². The topological polar surface area (TPSA) is 116 Å². The van der Waals surface area contributed by atoms with Crippen LogP contribution in [0, 0.1) is 6.92 Å². The Bertz CT molecular complexity index is 1520. The summed E-state index contributed by atoms with van der Waals surface area (Å²) in [6.45, 7) is 8.50. The van der Waals surface area contributed by atoms with E-state index >= 15 is 0 Å². The highest BCUT2D eigenvalue weighted by atomic mass is 16.6. The fraction of sp³-hybridized carbons (Fsp3) is 0.370. The lowest BCUT2D eigenvalue weighted by Gasteiger charge is -2.27. The number of pyridine rings is 1. The number of anilines is 1. The van der Waals surface area contributed by atoms with E-state index in [0.29, 0.717) is 47.4 Å². The second kappa shape index (κ2) is 9.81. The summed E-state index contributed by atoms with van der Waals surface area (Å²) in [5.74, 6) is 0.565. The minimum Gasteiger partial charge on any atom is -0.475 e.